The molecule has 0 fully saturated rings. The van der Waals surface area contributed by atoms with Gasteiger partial charge in [0, 0.05) is 6.08 Å². The van der Waals surface area contributed by atoms with Crippen molar-refractivity contribution in [2.24, 2.45) is 0 Å². The highest BCUT2D eigenvalue weighted by molar-refractivity contribution is 5.92. The molecule has 2 aromatic carbocycles. The monoisotopic (exact) mass is 351 g/mol. The lowest BCUT2D eigenvalue weighted by Gasteiger charge is -2.09. The van der Waals surface area contributed by atoms with Crippen LogP contribution in [0.3, 0.4) is 0 Å². The van der Waals surface area contributed by atoms with E-state index in [1.807, 2.05) is 43.3 Å². The fourth-order valence-electron chi connectivity index (χ4n) is 2.64. The summed E-state index contributed by atoms with van der Waals surface area (Å²) in [6.45, 7) is 1.89. The van der Waals surface area contributed by atoms with Crippen LogP contribution in [0.5, 0.6) is 11.5 Å². The summed E-state index contributed by atoms with van der Waals surface area (Å²) in [6.07, 6.45) is 3.21. The summed E-state index contributed by atoms with van der Waals surface area (Å²) in [5, 5.41) is 2.90. The first-order valence-electron chi connectivity index (χ1n) is 8.26. The first-order valence-corrected chi connectivity index (χ1v) is 8.26. The predicted molar refractivity (Wildman–Crippen MR) is 101 cm³/mol. The van der Waals surface area contributed by atoms with Gasteiger partial charge in [-0.05, 0) is 42.8 Å². The number of imidazole rings is 1. The minimum absolute atomic E-state index is 0.201. The number of methoxy groups -OCH3 is 2. The third-order valence-corrected chi connectivity index (χ3v) is 4.01. The molecule has 0 spiro atoms. The van der Waals surface area contributed by atoms with Crippen LogP contribution in [-0.2, 0) is 4.79 Å². The Bertz CT molecular complexity index is 913. The number of nitrogens with one attached hydrogen (secondary N) is 2. The van der Waals surface area contributed by atoms with Gasteiger partial charge in [-0.2, -0.15) is 0 Å². The highest BCUT2D eigenvalue weighted by Crippen LogP contribution is 2.28. The molecule has 6 heteroatoms. The molecule has 1 heterocycles. The van der Waals surface area contributed by atoms with Crippen LogP contribution in [-0.4, -0.2) is 30.1 Å². The zero-order valence-corrected chi connectivity index (χ0v) is 14.9. The minimum atomic E-state index is -0.232. The molecule has 1 amide bonds. The number of H-pyrrole nitrogens is 1. The second kappa shape index (κ2) is 7.74. The molecule has 0 saturated heterocycles. The van der Waals surface area contributed by atoms with Crippen molar-refractivity contribution in [3.8, 4) is 11.5 Å². The maximum Gasteiger partial charge on any atom is 0.244 e. The van der Waals surface area contributed by atoms with E-state index in [1.165, 1.54) is 6.08 Å². The number of hydrogen-bond donors (Lipinski definition) is 2. The molecule has 0 bridgehead atoms. The number of aromatic amines is 1. The van der Waals surface area contributed by atoms with Crippen molar-refractivity contribution in [2.45, 2.75) is 13.0 Å². The maximum atomic E-state index is 12.2. The van der Waals surface area contributed by atoms with E-state index in [4.69, 9.17) is 9.47 Å². The maximum absolute atomic E-state index is 12.2. The number of fused-ring (bicyclic) bond motifs is 1. The Kier molecular flexibility index (Phi) is 5.22. The molecule has 1 atom stereocenters. The third-order valence-electron chi connectivity index (χ3n) is 4.01. The molecule has 0 aliphatic rings. The van der Waals surface area contributed by atoms with Crippen molar-refractivity contribution >= 4 is 23.0 Å². The normalized spacial score (nSPS) is 12.3. The minimum Gasteiger partial charge on any atom is -0.493 e. The van der Waals surface area contributed by atoms with Crippen LogP contribution < -0.4 is 14.8 Å². The molecule has 0 saturated carbocycles. The summed E-state index contributed by atoms with van der Waals surface area (Å²) < 4.78 is 10.5. The van der Waals surface area contributed by atoms with E-state index in [2.05, 4.69) is 15.3 Å². The van der Waals surface area contributed by atoms with E-state index >= 15 is 0 Å². The van der Waals surface area contributed by atoms with Gasteiger partial charge in [-0.15, -0.1) is 0 Å². The second-order valence-corrected chi connectivity index (χ2v) is 5.82. The van der Waals surface area contributed by atoms with E-state index in [0.717, 1.165) is 22.4 Å². The number of rotatable bonds is 6. The summed E-state index contributed by atoms with van der Waals surface area (Å²) in [7, 11) is 3.16. The van der Waals surface area contributed by atoms with Crippen molar-refractivity contribution in [1.82, 2.24) is 15.3 Å². The van der Waals surface area contributed by atoms with E-state index in [-0.39, 0.29) is 11.9 Å². The summed E-state index contributed by atoms with van der Waals surface area (Å²) in [5.74, 6) is 1.78. The van der Waals surface area contributed by atoms with E-state index < -0.39 is 0 Å². The number of para-hydroxylation sites is 2. The molecule has 1 unspecified atom stereocenters. The van der Waals surface area contributed by atoms with Crippen LogP contribution in [0.4, 0.5) is 0 Å². The molecule has 1 aromatic heterocycles. The molecule has 0 radical (unpaired) electrons. The van der Waals surface area contributed by atoms with Crippen molar-refractivity contribution in [1.29, 1.82) is 0 Å². The summed E-state index contributed by atoms with van der Waals surface area (Å²) in [6, 6.07) is 13.0. The lowest BCUT2D eigenvalue weighted by Crippen LogP contribution is -2.25. The second-order valence-electron chi connectivity index (χ2n) is 5.82. The Morgan fingerprint density at radius 3 is 2.65 bits per heavy atom. The van der Waals surface area contributed by atoms with Crippen LogP contribution >= 0.6 is 0 Å². The zero-order chi connectivity index (χ0) is 18.5. The number of nitrogens with zero attached hydrogens (tertiary/aromatic N) is 1. The van der Waals surface area contributed by atoms with Gasteiger partial charge < -0.3 is 19.8 Å². The molecular weight excluding hydrogens is 330 g/mol. The van der Waals surface area contributed by atoms with Crippen LogP contribution in [0.15, 0.2) is 48.5 Å². The number of carbonyl (C=O) groups is 1. The van der Waals surface area contributed by atoms with Crippen LogP contribution in [0.25, 0.3) is 17.1 Å². The molecule has 0 aliphatic heterocycles. The van der Waals surface area contributed by atoms with Gasteiger partial charge in [-0.1, -0.05) is 18.2 Å². The number of benzene rings is 2. The Balaban J connectivity index is 1.67. The van der Waals surface area contributed by atoms with Gasteiger partial charge in [0.05, 0.1) is 31.3 Å². The summed E-state index contributed by atoms with van der Waals surface area (Å²) >= 11 is 0. The Morgan fingerprint density at radius 2 is 1.92 bits per heavy atom. The molecule has 2 N–H and O–H groups in total. The lowest BCUT2D eigenvalue weighted by molar-refractivity contribution is -0.117. The summed E-state index contributed by atoms with van der Waals surface area (Å²) in [5.41, 5.74) is 2.67. The third kappa shape index (κ3) is 3.85. The SMILES string of the molecule is COc1ccc(/C=C/C(=O)NC(C)c2nc3ccccc3[nH]2)cc1OC. The Labute approximate surface area is 151 Å². The lowest BCUT2D eigenvalue weighted by atomic mass is 10.2. The first kappa shape index (κ1) is 17.5. The number of amides is 1. The highest BCUT2D eigenvalue weighted by Gasteiger charge is 2.12. The Hall–Kier alpha value is -3.28. The zero-order valence-electron chi connectivity index (χ0n) is 14.9. The number of ether oxygens (including phenoxy) is 2. The van der Waals surface area contributed by atoms with Gasteiger partial charge in [0.25, 0.3) is 0 Å². The standard InChI is InChI=1S/C20H21N3O3/c1-13(20-22-15-6-4-5-7-16(15)23-20)21-19(24)11-9-14-8-10-17(25-2)18(12-14)26-3/h4-13H,1-3H3,(H,21,24)(H,22,23)/b11-9+. The first-order chi connectivity index (χ1) is 12.6. The number of aromatic nitrogens is 2. The highest BCUT2D eigenvalue weighted by atomic mass is 16.5. The molecule has 26 heavy (non-hydrogen) atoms. The van der Waals surface area contributed by atoms with Crippen LogP contribution in [0.1, 0.15) is 24.4 Å². The van der Waals surface area contributed by atoms with Crippen molar-refractivity contribution in [2.75, 3.05) is 14.2 Å². The topological polar surface area (TPSA) is 76.2 Å². The summed E-state index contributed by atoms with van der Waals surface area (Å²) in [4.78, 5) is 19.9. The van der Waals surface area contributed by atoms with Gasteiger partial charge in [-0.3, -0.25) is 4.79 Å². The molecule has 6 nitrogen and oxygen atoms in total. The molecular formula is C20H21N3O3. The van der Waals surface area contributed by atoms with Gasteiger partial charge >= 0.3 is 0 Å². The van der Waals surface area contributed by atoms with Crippen molar-refractivity contribution < 1.29 is 14.3 Å². The number of hydrogen-bond acceptors (Lipinski definition) is 4. The van der Waals surface area contributed by atoms with Crippen LogP contribution in [0, 0.1) is 0 Å². The average Bonchev–Trinajstić information content (AvgIpc) is 3.10. The predicted octanol–water partition coefficient (Wildman–Crippen LogP) is 3.47. The Morgan fingerprint density at radius 1 is 1.15 bits per heavy atom. The van der Waals surface area contributed by atoms with Crippen molar-refractivity contribution in [3.63, 3.8) is 0 Å². The van der Waals surface area contributed by atoms with E-state index in [9.17, 15) is 4.79 Å². The molecule has 134 valence electrons. The van der Waals surface area contributed by atoms with Crippen LogP contribution in [0.2, 0.25) is 0 Å². The van der Waals surface area contributed by atoms with Gasteiger partial charge in [0.1, 0.15) is 5.82 Å². The fraction of sp³-hybridized carbons (Fsp3) is 0.200. The molecule has 3 rings (SSSR count). The van der Waals surface area contributed by atoms with E-state index in [0.29, 0.717) is 11.5 Å². The number of carbonyl (C=O) groups excluding carboxylic acids is 1. The van der Waals surface area contributed by atoms with E-state index in [1.54, 1.807) is 26.4 Å². The molecule has 0 aliphatic carbocycles. The molecule has 3 aromatic rings. The quantitative estimate of drug-likeness (QED) is 0.667. The van der Waals surface area contributed by atoms with Gasteiger partial charge in [0.15, 0.2) is 11.5 Å². The largest absolute Gasteiger partial charge is 0.493 e. The smallest absolute Gasteiger partial charge is 0.244 e. The fourth-order valence-corrected chi connectivity index (χ4v) is 2.64. The van der Waals surface area contributed by atoms with Gasteiger partial charge in [0.2, 0.25) is 5.91 Å². The average molecular weight is 351 g/mol. The van der Waals surface area contributed by atoms with Gasteiger partial charge in [-0.25, -0.2) is 4.98 Å². The van der Waals surface area contributed by atoms with Crippen molar-refractivity contribution in [3.05, 3.63) is 59.9 Å².